The van der Waals surface area contributed by atoms with Crippen LogP contribution in [0, 0.1) is 6.92 Å². The van der Waals surface area contributed by atoms with Crippen LogP contribution in [0.2, 0.25) is 10.0 Å². The smallest absolute Gasteiger partial charge is 0.336 e. The minimum absolute atomic E-state index is 0.253. The molecule has 0 aliphatic heterocycles. The van der Waals surface area contributed by atoms with E-state index in [1.54, 1.807) is 37.3 Å². The van der Waals surface area contributed by atoms with Crippen LogP contribution < -0.4 is 10.1 Å². The van der Waals surface area contributed by atoms with Crippen LogP contribution in [-0.2, 0) is 13.2 Å². The van der Waals surface area contributed by atoms with Crippen LogP contribution in [0.15, 0.2) is 60.7 Å². The van der Waals surface area contributed by atoms with Gasteiger partial charge in [0.25, 0.3) is 0 Å². The maximum atomic E-state index is 11.3. The number of nitrogens with one attached hydrogen (secondary N) is 1. The third-order valence-electron chi connectivity index (χ3n) is 4.44. The summed E-state index contributed by atoms with van der Waals surface area (Å²) in [5, 5.41) is 13.7. The van der Waals surface area contributed by atoms with Crippen LogP contribution in [0.5, 0.6) is 5.75 Å². The van der Waals surface area contributed by atoms with Gasteiger partial charge in [0.2, 0.25) is 0 Å². The van der Waals surface area contributed by atoms with E-state index in [4.69, 9.17) is 27.9 Å². The van der Waals surface area contributed by atoms with E-state index in [-0.39, 0.29) is 12.2 Å². The van der Waals surface area contributed by atoms with E-state index in [0.717, 1.165) is 16.8 Å². The topological polar surface area (TPSA) is 58.6 Å². The van der Waals surface area contributed by atoms with E-state index in [1.807, 2.05) is 30.3 Å². The number of ether oxygens (including phenoxy) is 1. The van der Waals surface area contributed by atoms with Crippen LogP contribution in [0.25, 0.3) is 0 Å². The number of benzene rings is 3. The molecule has 0 bridgehead atoms. The van der Waals surface area contributed by atoms with Crippen LogP contribution in [0.4, 0.5) is 5.69 Å². The number of anilines is 1. The lowest BCUT2D eigenvalue weighted by atomic mass is 10.1. The zero-order chi connectivity index (χ0) is 20.1. The van der Waals surface area contributed by atoms with Crippen molar-refractivity contribution in [2.45, 2.75) is 20.1 Å². The predicted molar refractivity (Wildman–Crippen MR) is 113 cm³/mol. The fourth-order valence-electron chi connectivity index (χ4n) is 2.86. The molecule has 0 unspecified atom stereocenters. The van der Waals surface area contributed by atoms with Gasteiger partial charge in [-0.3, -0.25) is 0 Å². The molecule has 0 aliphatic carbocycles. The highest BCUT2D eigenvalue weighted by molar-refractivity contribution is 6.35. The van der Waals surface area contributed by atoms with Crippen LogP contribution in [-0.4, -0.2) is 11.1 Å². The standard InChI is InChI=1S/C22H19Cl2NO3/c1-14-16(22(26)27)7-4-10-20(14)25-12-15-6-2-3-11-21(15)28-13-17-18(23)8-5-9-19(17)24/h2-11,25H,12-13H2,1H3,(H,26,27). The average molecular weight is 416 g/mol. The van der Waals surface area contributed by atoms with Crippen molar-refractivity contribution < 1.29 is 14.6 Å². The van der Waals surface area contributed by atoms with E-state index in [9.17, 15) is 9.90 Å². The van der Waals surface area contributed by atoms with Gasteiger partial charge in [-0.15, -0.1) is 0 Å². The molecule has 0 amide bonds. The monoisotopic (exact) mass is 415 g/mol. The van der Waals surface area contributed by atoms with E-state index in [1.165, 1.54) is 0 Å². The fraction of sp³-hybridized carbons (Fsp3) is 0.136. The van der Waals surface area contributed by atoms with E-state index < -0.39 is 5.97 Å². The SMILES string of the molecule is Cc1c(NCc2ccccc2OCc2c(Cl)cccc2Cl)cccc1C(=O)O. The Kier molecular flexibility index (Phi) is 6.45. The number of carbonyl (C=O) groups is 1. The lowest BCUT2D eigenvalue weighted by Gasteiger charge is -2.15. The van der Waals surface area contributed by atoms with Crippen molar-refractivity contribution in [1.82, 2.24) is 0 Å². The van der Waals surface area contributed by atoms with Crippen molar-refractivity contribution in [3.63, 3.8) is 0 Å². The maximum absolute atomic E-state index is 11.3. The van der Waals surface area contributed by atoms with Gasteiger partial charge in [-0.1, -0.05) is 53.5 Å². The first-order valence-corrected chi connectivity index (χ1v) is 9.43. The highest BCUT2D eigenvalue weighted by Gasteiger charge is 2.11. The molecule has 0 radical (unpaired) electrons. The molecular formula is C22H19Cl2NO3. The summed E-state index contributed by atoms with van der Waals surface area (Å²) >= 11 is 12.4. The van der Waals surface area contributed by atoms with Gasteiger partial charge < -0.3 is 15.2 Å². The Morgan fingerprint density at radius 1 is 1.00 bits per heavy atom. The number of aromatic carboxylic acids is 1. The summed E-state index contributed by atoms with van der Waals surface area (Å²) in [5.74, 6) is -0.237. The molecule has 0 heterocycles. The Morgan fingerprint density at radius 2 is 1.68 bits per heavy atom. The summed E-state index contributed by atoms with van der Waals surface area (Å²) in [7, 11) is 0. The van der Waals surface area contributed by atoms with Gasteiger partial charge in [0, 0.05) is 33.4 Å². The third kappa shape index (κ3) is 4.58. The normalized spacial score (nSPS) is 10.5. The second-order valence-corrected chi connectivity index (χ2v) is 7.05. The lowest BCUT2D eigenvalue weighted by Crippen LogP contribution is -2.07. The Labute approximate surface area is 173 Å². The second-order valence-electron chi connectivity index (χ2n) is 6.23. The molecule has 2 N–H and O–H groups in total. The minimum Gasteiger partial charge on any atom is -0.488 e. The largest absolute Gasteiger partial charge is 0.488 e. The van der Waals surface area contributed by atoms with Gasteiger partial charge in [-0.25, -0.2) is 4.79 Å². The molecule has 6 heteroatoms. The molecule has 4 nitrogen and oxygen atoms in total. The van der Waals surface area contributed by atoms with Gasteiger partial charge in [-0.2, -0.15) is 0 Å². The lowest BCUT2D eigenvalue weighted by molar-refractivity contribution is 0.0696. The number of carboxylic acid groups (broad SMARTS) is 1. The Balaban J connectivity index is 1.75. The van der Waals surface area contributed by atoms with Gasteiger partial charge in [0.15, 0.2) is 0 Å². The molecule has 28 heavy (non-hydrogen) atoms. The summed E-state index contributed by atoms with van der Waals surface area (Å²) < 4.78 is 5.96. The number of rotatable bonds is 7. The number of carboxylic acids is 1. The molecule has 3 rings (SSSR count). The zero-order valence-electron chi connectivity index (χ0n) is 15.2. The highest BCUT2D eigenvalue weighted by Crippen LogP contribution is 2.28. The first kappa shape index (κ1) is 20.1. The Hall–Kier alpha value is -2.69. The first-order chi connectivity index (χ1) is 13.5. The number of hydrogen-bond donors (Lipinski definition) is 2. The number of hydrogen-bond acceptors (Lipinski definition) is 3. The number of para-hydroxylation sites is 1. The molecule has 0 aliphatic rings. The molecular weight excluding hydrogens is 397 g/mol. The quantitative estimate of drug-likeness (QED) is 0.482. The van der Waals surface area contributed by atoms with Crippen molar-refractivity contribution in [2.75, 3.05) is 5.32 Å². The summed E-state index contributed by atoms with van der Waals surface area (Å²) in [4.78, 5) is 11.3. The van der Waals surface area contributed by atoms with Gasteiger partial charge >= 0.3 is 5.97 Å². The van der Waals surface area contributed by atoms with Gasteiger partial charge in [0.1, 0.15) is 12.4 Å². The highest BCUT2D eigenvalue weighted by atomic mass is 35.5. The summed E-state index contributed by atoms with van der Waals surface area (Å²) in [5.41, 5.74) is 3.41. The summed E-state index contributed by atoms with van der Waals surface area (Å²) in [6, 6.07) is 18.2. The van der Waals surface area contributed by atoms with Crippen molar-refractivity contribution in [3.05, 3.63) is 93.0 Å². The van der Waals surface area contributed by atoms with Crippen molar-refractivity contribution >= 4 is 34.9 Å². The Bertz CT molecular complexity index is 985. The molecule has 0 saturated heterocycles. The number of halogens is 2. The molecule has 0 aromatic heterocycles. The van der Waals surface area contributed by atoms with Crippen LogP contribution in [0.1, 0.15) is 27.0 Å². The molecule has 0 atom stereocenters. The van der Waals surface area contributed by atoms with Crippen LogP contribution in [0.3, 0.4) is 0 Å². The van der Waals surface area contributed by atoms with E-state index >= 15 is 0 Å². The Morgan fingerprint density at radius 3 is 2.39 bits per heavy atom. The van der Waals surface area contributed by atoms with Gasteiger partial charge in [-0.05, 0) is 42.8 Å². The van der Waals surface area contributed by atoms with E-state index in [0.29, 0.717) is 27.9 Å². The fourth-order valence-corrected chi connectivity index (χ4v) is 3.37. The van der Waals surface area contributed by atoms with Crippen LogP contribution >= 0.6 is 23.2 Å². The van der Waals surface area contributed by atoms with Crippen molar-refractivity contribution in [3.8, 4) is 5.75 Å². The predicted octanol–water partition coefficient (Wildman–Crippen LogP) is 6.19. The zero-order valence-corrected chi connectivity index (χ0v) is 16.7. The summed E-state index contributed by atoms with van der Waals surface area (Å²) in [6.45, 7) is 2.52. The first-order valence-electron chi connectivity index (χ1n) is 8.67. The van der Waals surface area contributed by atoms with Crippen molar-refractivity contribution in [1.29, 1.82) is 0 Å². The van der Waals surface area contributed by atoms with E-state index in [2.05, 4.69) is 5.32 Å². The molecule has 0 fully saturated rings. The second kappa shape index (κ2) is 9.00. The molecule has 0 spiro atoms. The minimum atomic E-state index is -0.943. The average Bonchev–Trinajstić information content (AvgIpc) is 2.67. The maximum Gasteiger partial charge on any atom is 0.336 e. The molecule has 144 valence electrons. The summed E-state index contributed by atoms with van der Waals surface area (Å²) in [6.07, 6.45) is 0. The van der Waals surface area contributed by atoms with Gasteiger partial charge in [0.05, 0.1) is 5.56 Å². The van der Waals surface area contributed by atoms with Crippen molar-refractivity contribution in [2.24, 2.45) is 0 Å². The molecule has 3 aromatic rings. The third-order valence-corrected chi connectivity index (χ3v) is 5.15. The molecule has 0 saturated carbocycles. The molecule has 3 aromatic carbocycles.